The van der Waals surface area contributed by atoms with Crippen molar-refractivity contribution in [2.45, 2.75) is 26.2 Å². The second kappa shape index (κ2) is 2.86. The molecule has 56 valence electrons. The molecule has 0 radical (unpaired) electrons. The predicted octanol–water partition coefficient (Wildman–Crippen LogP) is 1.82. The molecule has 0 fully saturated rings. The molecule has 1 aliphatic carbocycles. The van der Waals surface area contributed by atoms with E-state index in [0.29, 0.717) is 5.57 Å². The Hall–Kier alpha value is -0.790. The second-order valence-corrected chi connectivity index (χ2v) is 2.80. The van der Waals surface area contributed by atoms with Gasteiger partial charge in [-0.2, -0.15) is 0 Å². The first-order valence-corrected chi connectivity index (χ1v) is 3.65. The van der Waals surface area contributed by atoms with Gasteiger partial charge in [0.25, 0.3) is 0 Å². The Labute approximate surface area is 60.6 Å². The van der Waals surface area contributed by atoms with Crippen LogP contribution in [0.1, 0.15) is 26.2 Å². The highest BCUT2D eigenvalue weighted by Gasteiger charge is 2.17. The minimum Gasteiger partial charge on any atom is -0.478 e. The average molecular weight is 140 g/mol. The Morgan fingerprint density at radius 2 is 2.50 bits per heavy atom. The van der Waals surface area contributed by atoms with Crippen LogP contribution in [0.5, 0.6) is 0 Å². The fourth-order valence-electron chi connectivity index (χ4n) is 1.34. The maximum atomic E-state index is 10.5. The van der Waals surface area contributed by atoms with Gasteiger partial charge in [-0.05, 0) is 25.2 Å². The van der Waals surface area contributed by atoms with Crippen LogP contribution in [0.2, 0.25) is 0 Å². The summed E-state index contributed by atoms with van der Waals surface area (Å²) in [5.41, 5.74) is 0.603. The Morgan fingerprint density at radius 3 is 2.90 bits per heavy atom. The summed E-state index contributed by atoms with van der Waals surface area (Å²) >= 11 is 0. The Morgan fingerprint density at radius 1 is 1.80 bits per heavy atom. The highest BCUT2D eigenvalue weighted by molar-refractivity contribution is 5.87. The Balaban J connectivity index is 2.71. The lowest BCUT2D eigenvalue weighted by Gasteiger charge is -2.16. The van der Waals surface area contributed by atoms with E-state index in [1.165, 1.54) is 0 Å². The second-order valence-electron chi connectivity index (χ2n) is 2.80. The molecule has 1 N–H and O–H groups in total. The van der Waals surface area contributed by atoms with E-state index in [9.17, 15) is 4.79 Å². The Bertz CT molecular complexity index is 170. The van der Waals surface area contributed by atoms with Crippen molar-refractivity contribution in [2.24, 2.45) is 5.92 Å². The summed E-state index contributed by atoms with van der Waals surface area (Å²) in [6, 6.07) is 0. The number of carboxylic acid groups (broad SMARTS) is 1. The van der Waals surface area contributed by atoms with E-state index in [-0.39, 0.29) is 5.92 Å². The van der Waals surface area contributed by atoms with Crippen LogP contribution in [0, 0.1) is 5.92 Å². The summed E-state index contributed by atoms with van der Waals surface area (Å²) in [6.45, 7) is 1.97. The molecule has 0 saturated heterocycles. The monoisotopic (exact) mass is 140 g/mol. The Kier molecular flexibility index (Phi) is 2.10. The van der Waals surface area contributed by atoms with Crippen molar-refractivity contribution in [2.75, 3.05) is 0 Å². The number of aliphatic carboxylic acids is 1. The van der Waals surface area contributed by atoms with Gasteiger partial charge in [-0.3, -0.25) is 0 Å². The smallest absolute Gasteiger partial charge is 0.331 e. The van der Waals surface area contributed by atoms with Crippen molar-refractivity contribution >= 4 is 5.97 Å². The average Bonchev–Trinajstić information content (AvgIpc) is 1.88. The predicted molar refractivity (Wildman–Crippen MR) is 38.7 cm³/mol. The van der Waals surface area contributed by atoms with Gasteiger partial charge in [0, 0.05) is 5.57 Å². The van der Waals surface area contributed by atoms with Crippen LogP contribution >= 0.6 is 0 Å². The minimum atomic E-state index is -0.743. The first-order chi connectivity index (χ1) is 4.72. The van der Waals surface area contributed by atoms with Crippen LogP contribution in [0.3, 0.4) is 0 Å². The maximum Gasteiger partial charge on any atom is 0.331 e. The van der Waals surface area contributed by atoms with Gasteiger partial charge in [-0.15, -0.1) is 0 Å². The zero-order valence-electron chi connectivity index (χ0n) is 6.13. The number of carboxylic acids is 1. The van der Waals surface area contributed by atoms with Crippen LogP contribution in [-0.4, -0.2) is 11.1 Å². The number of hydrogen-bond acceptors (Lipinski definition) is 1. The van der Waals surface area contributed by atoms with Crippen molar-refractivity contribution in [3.63, 3.8) is 0 Å². The topological polar surface area (TPSA) is 37.3 Å². The molecule has 1 unspecified atom stereocenters. The van der Waals surface area contributed by atoms with Gasteiger partial charge in [0.15, 0.2) is 0 Å². The fourth-order valence-corrected chi connectivity index (χ4v) is 1.34. The fraction of sp³-hybridized carbons (Fsp3) is 0.625. The molecule has 10 heavy (non-hydrogen) atoms. The van der Waals surface area contributed by atoms with Gasteiger partial charge in [0.1, 0.15) is 0 Å². The van der Waals surface area contributed by atoms with Crippen LogP contribution in [0.15, 0.2) is 11.6 Å². The number of rotatable bonds is 1. The first-order valence-electron chi connectivity index (χ1n) is 3.65. The zero-order chi connectivity index (χ0) is 7.56. The van der Waals surface area contributed by atoms with Crippen LogP contribution in [0.25, 0.3) is 0 Å². The summed E-state index contributed by atoms with van der Waals surface area (Å²) in [5, 5.41) is 8.64. The molecule has 1 atom stereocenters. The van der Waals surface area contributed by atoms with Crippen molar-refractivity contribution in [3.05, 3.63) is 11.6 Å². The third kappa shape index (κ3) is 1.38. The molecule has 0 aliphatic heterocycles. The largest absolute Gasteiger partial charge is 0.478 e. The first kappa shape index (κ1) is 7.32. The third-order valence-electron chi connectivity index (χ3n) is 1.98. The van der Waals surface area contributed by atoms with Gasteiger partial charge in [0.05, 0.1) is 0 Å². The minimum absolute atomic E-state index is 0.256. The number of hydrogen-bond donors (Lipinski definition) is 1. The quantitative estimate of drug-likeness (QED) is 0.603. The van der Waals surface area contributed by atoms with Gasteiger partial charge < -0.3 is 5.11 Å². The molecule has 1 rings (SSSR count). The van der Waals surface area contributed by atoms with E-state index >= 15 is 0 Å². The molecule has 0 heterocycles. The van der Waals surface area contributed by atoms with E-state index in [1.807, 2.05) is 13.0 Å². The van der Waals surface area contributed by atoms with Crippen molar-refractivity contribution < 1.29 is 9.90 Å². The standard InChI is InChI=1S/C8H12O2/c1-6-4-2-3-5-7(6)8(9)10/h5-6H,2-4H2,1H3,(H,9,10). The molecule has 0 aromatic carbocycles. The molecular weight excluding hydrogens is 128 g/mol. The highest BCUT2D eigenvalue weighted by atomic mass is 16.4. The van der Waals surface area contributed by atoms with E-state index in [4.69, 9.17) is 5.11 Å². The molecule has 1 aliphatic rings. The lowest BCUT2D eigenvalue weighted by Crippen LogP contribution is -2.12. The summed E-state index contributed by atoms with van der Waals surface area (Å²) in [7, 11) is 0. The van der Waals surface area contributed by atoms with E-state index in [2.05, 4.69) is 0 Å². The van der Waals surface area contributed by atoms with Gasteiger partial charge in [0.2, 0.25) is 0 Å². The van der Waals surface area contributed by atoms with Crippen molar-refractivity contribution in [3.8, 4) is 0 Å². The van der Waals surface area contributed by atoms with Crippen molar-refractivity contribution in [1.82, 2.24) is 0 Å². The lowest BCUT2D eigenvalue weighted by atomic mass is 9.89. The molecular formula is C8H12O2. The van der Waals surface area contributed by atoms with Crippen LogP contribution < -0.4 is 0 Å². The molecule has 0 saturated carbocycles. The molecule has 2 nitrogen and oxygen atoms in total. The molecule has 0 aromatic heterocycles. The molecule has 0 aromatic rings. The van der Waals surface area contributed by atoms with E-state index in [1.54, 1.807) is 0 Å². The summed E-state index contributed by atoms with van der Waals surface area (Å²) in [6.07, 6.45) is 4.94. The SMILES string of the molecule is CC1CCCC=C1C(=O)O. The van der Waals surface area contributed by atoms with Crippen LogP contribution in [-0.2, 0) is 4.79 Å². The normalized spacial score (nSPS) is 25.7. The zero-order valence-corrected chi connectivity index (χ0v) is 6.13. The van der Waals surface area contributed by atoms with E-state index in [0.717, 1.165) is 19.3 Å². The highest BCUT2D eigenvalue weighted by Crippen LogP contribution is 2.23. The van der Waals surface area contributed by atoms with Gasteiger partial charge in [-0.25, -0.2) is 4.79 Å². The number of allylic oxidation sites excluding steroid dienone is 1. The molecule has 0 amide bonds. The summed E-state index contributed by atoms with van der Waals surface area (Å²) in [4.78, 5) is 10.5. The van der Waals surface area contributed by atoms with Gasteiger partial charge >= 0.3 is 5.97 Å². The molecule has 2 heteroatoms. The summed E-state index contributed by atoms with van der Waals surface area (Å²) in [5.74, 6) is -0.488. The van der Waals surface area contributed by atoms with E-state index < -0.39 is 5.97 Å². The molecule has 0 bridgehead atoms. The summed E-state index contributed by atoms with van der Waals surface area (Å²) < 4.78 is 0. The van der Waals surface area contributed by atoms with Crippen molar-refractivity contribution in [1.29, 1.82) is 0 Å². The number of carbonyl (C=O) groups is 1. The van der Waals surface area contributed by atoms with Gasteiger partial charge in [-0.1, -0.05) is 13.0 Å². The lowest BCUT2D eigenvalue weighted by molar-refractivity contribution is -0.133. The maximum absolute atomic E-state index is 10.5. The molecule has 0 spiro atoms. The van der Waals surface area contributed by atoms with Crippen LogP contribution in [0.4, 0.5) is 0 Å². The third-order valence-corrected chi connectivity index (χ3v) is 1.98.